The molecule has 2 aromatic rings. The van der Waals surface area contributed by atoms with Crippen LogP contribution in [-0.4, -0.2) is 27.9 Å². The van der Waals surface area contributed by atoms with Gasteiger partial charge in [0.25, 0.3) is 5.91 Å². The molecule has 6 heteroatoms. The number of aromatic hydroxyl groups is 1. The van der Waals surface area contributed by atoms with Crippen molar-refractivity contribution >= 4 is 17.5 Å². The minimum absolute atomic E-state index is 0.0116. The first-order valence-corrected chi connectivity index (χ1v) is 10.0. The maximum absolute atomic E-state index is 13.5. The first-order valence-electron chi connectivity index (χ1n) is 10.0. The molecule has 0 saturated heterocycles. The van der Waals surface area contributed by atoms with E-state index in [-0.39, 0.29) is 35.2 Å². The number of fused-ring (bicyclic) bond motifs is 1. The van der Waals surface area contributed by atoms with E-state index in [0.29, 0.717) is 11.4 Å². The third-order valence-electron chi connectivity index (χ3n) is 6.12. The minimum atomic E-state index is -0.609. The topological polar surface area (TPSA) is 79.7 Å². The van der Waals surface area contributed by atoms with Gasteiger partial charge >= 0.3 is 0 Å². The van der Waals surface area contributed by atoms with Gasteiger partial charge in [-0.3, -0.25) is 14.5 Å². The summed E-state index contributed by atoms with van der Waals surface area (Å²) in [4.78, 5) is 32.9. The number of anilines is 1. The minimum Gasteiger partial charge on any atom is -0.508 e. The van der Waals surface area contributed by atoms with E-state index in [9.17, 15) is 14.7 Å². The van der Waals surface area contributed by atoms with Crippen molar-refractivity contribution in [2.24, 2.45) is 5.92 Å². The fourth-order valence-electron chi connectivity index (χ4n) is 4.71. The van der Waals surface area contributed by atoms with Crippen LogP contribution in [0.3, 0.4) is 0 Å². The van der Waals surface area contributed by atoms with Crippen LogP contribution in [0.4, 0.5) is 5.82 Å². The number of Topliss-reactive ketones (excluding diaryl/α,β-unsaturated/α-hetero) is 1. The third kappa shape index (κ3) is 2.82. The fraction of sp³-hybridized carbons (Fsp3) is 0.348. The van der Waals surface area contributed by atoms with Crippen LogP contribution in [-0.2, 0) is 14.3 Å². The largest absolute Gasteiger partial charge is 0.508 e. The molecular weight excluding hydrogens is 368 g/mol. The molecule has 0 radical (unpaired) electrons. The molecular formula is C23H22N2O4. The predicted molar refractivity (Wildman–Crippen MR) is 106 cm³/mol. The lowest BCUT2D eigenvalue weighted by molar-refractivity contribution is -0.131. The number of aromatic nitrogens is 1. The maximum Gasteiger partial charge on any atom is 0.295 e. The fourth-order valence-corrected chi connectivity index (χ4v) is 4.71. The van der Waals surface area contributed by atoms with Gasteiger partial charge in [-0.15, -0.1) is 0 Å². The van der Waals surface area contributed by atoms with E-state index in [1.807, 2.05) is 19.1 Å². The highest BCUT2D eigenvalue weighted by molar-refractivity contribution is 6.17. The van der Waals surface area contributed by atoms with Crippen LogP contribution in [0, 0.1) is 12.8 Å². The van der Waals surface area contributed by atoms with Gasteiger partial charge in [0, 0.05) is 6.20 Å². The Bertz CT molecular complexity index is 1030. The van der Waals surface area contributed by atoms with E-state index in [1.165, 1.54) is 0 Å². The Hall–Kier alpha value is -3.15. The molecule has 148 valence electrons. The summed E-state index contributed by atoms with van der Waals surface area (Å²) in [5, 5.41) is 9.71. The number of benzene rings is 1. The van der Waals surface area contributed by atoms with Gasteiger partial charge in [-0.05, 0) is 61.6 Å². The van der Waals surface area contributed by atoms with Crippen molar-refractivity contribution in [1.82, 2.24) is 4.98 Å². The summed E-state index contributed by atoms with van der Waals surface area (Å²) >= 11 is 0. The number of phenolic OH excluding ortho intramolecular Hbond substituents is 1. The Morgan fingerprint density at radius 1 is 1.10 bits per heavy atom. The van der Waals surface area contributed by atoms with Gasteiger partial charge in [-0.2, -0.15) is 0 Å². The summed E-state index contributed by atoms with van der Waals surface area (Å²) in [6.45, 7) is 1.94. The molecule has 3 unspecified atom stereocenters. The molecule has 3 aliphatic rings. The predicted octanol–water partition coefficient (Wildman–Crippen LogP) is 3.60. The molecule has 6 nitrogen and oxygen atoms in total. The zero-order valence-corrected chi connectivity index (χ0v) is 16.2. The molecule has 3 heterocycles. The van der Waals surface area contributed by atoms with Crippen LogP contribution in [0.25, 0.3) is 0 Å². The number of pyridine rings is 1. The Labute approximate surface area is 168 Å². The molecule has 1 aromatic carbocycles. The lowest BCUT2D eigenvalue weighted by Crippen LogP contribution is -2.39. The zero-order chi connectivity index (χ0) is 20.1. The second-order valence-corrected chi connectivity index (χ2v) is 8.01. The number of hydrogen-bond donors (Lipinski definition) is 1. The summed E-state index contributed by atoms with van der Waals surface area (Å²) in [5.41, 5.74) is 2.14. The van der Waals surface area contributed by atoms with Gasteiger partial charge in [0.05, 0.1) is 17.5 Å². The van der Waals surface area contributed by atoms with Gasteiger partial charge in [0.1, 0.15) is 17.7 Å². The van der Waals surface area contributed by atoms with Gasteiger partial charge in [-0.1, -0.05) is 18.6 Å². The van der Waals surface area contributed by atoms with E-state index in [4.69, 9.17) is 4.74 Å². The quantitative estimate of drug-likeness (QED) is 0.848. The summed E-state index contributed by atoms with van der Waals surface area (Å²) < 4.78 is 6.14. The average molecular weight is 390 g/mol. The lowest BCUT2D eigenvalue weighted by Gasteiger charge is -2.35. The number of hydrogen-bond acceptors (Lipinski definition) is 5. The van der Waals surface area contributed by atoms with Gasteiger partial charge in [-0.25, -0.2) is 4.98 Å². The zero-order valence-electron chi connectivity index (χ0n) is 16.2. The summed E-state index contributed by atoms with van der Waals surface area (Å²) in [5.74, 6) is 0.277. The molecule has 5 rings (SSSR count). The van der Waals surface area contributed by atoms with E-state index >= 15 is 0 Å². The molecule has 1 fully saturated rings. The number of rotatable bonds is 2. The van der Waals surface area contributed by atoms with Crippen LogP contribution < -0.4 is 4.90 Å². The van der Waals surface area contributed by atoms with Crippen LogP contribution in [0.15, 0.2) is 53.9 Å². The maximum atomic E-state index is 13.5. The number of amides is 1. The van der Waals surface area contributed by atoms with Crippen molar-refractivity contribution in [1.29, 1.82) is 0 Å². The molecule has 1 amide bonds. The third-order valence-corrected chi connectivity index (χ3v) is 6.12. The number of carbonyl (C=O) groups excluding carboxylic acids is 2. The summed E-state index contributed by atoms with van der Waals surface area (Å²) in [6, 6.07) is 9.71. The van der Waals surface area contributed by atoms with Crippen LogP contribution in [0.2, 0.25) is 0 Å². The lowest BCUT2D eigenvalue weighted by atomic mass is 9.77. The molecule has 29 heavy (non-hydrogen) atoms. The van der Waals surface area contributed by atoms with Crippen molar-refractivity contribution in [3.05, 3.63) is 65.1 Å². The van der Waals surface area contributed by atoms with E-state index in [1.54, 1.807) is 35.4 Å². The van der Waals surface area contributed by atoms with E-state index in [2.05, 4.69) is 4.98 Å². The molecule has 1 N–H and O–H groups in total. The number of ketones is 1. The second-order valence-electron chi connectivity index (χ2n) is 8.01. The number of phenols is 1. The van der Waals surface area contributed by atoms with Gasteiger partial charge in [0.2, 0.25) is 0 Å². The van der Waals surface area contributed by atoms with Crippen molar-refractivity contribution in [2.75, 3.05) is 4.90 Å². The highest BCUT2D eigenvalue weighted by Gasteiger charge is 2.52. The van der Waals surface area contributed by atoms with Crippen LogP contribution >= 0.6 is 0 Å². The van der Waals surface area contributed by atoms with E-state index < -0.39 is 6.04 Å². The molecule has 1 aliphatic carbocycles. The normalized spacial score (nSPS) is 26.2. The molecule has 2 aliphatic heterocycles. The van der Waals surface area contributed by atoms with Crippen molar-refractivity contribution in [3.63, 3.8) is 0 Å². The van der Waals surface area contributed by atoms with E-state index in [0.717, 1.165) is 36.8 Å². The Kier molecular flexibility index (Phi) is 4.15. The monoisotopic (exact) mass is 390 g/mol. The van der Waals surface area contributed by atoms with Crippen molar-refractivity contribution in [2.45, 2.75) is 44.8 Å². The number of aryl methyl sites for hydroxylation is 1. The number of carbonyl (C=O) groups is 2. The van der Waals surface area contributed by atoms with Crippen molar-refractivity contribution in [3.8, 4) is 5.75 Å². The van der Waals surface area contributed by atoms with Crippen molar-refractivity contribution < 1.29 is 19.4 Å². The highest BCUT2D eigenvalue weighted by Crippen LogP contribution is 2.48. The molecule has 3 atom stereocenters. The first kappa shape index (κ1) is 17.9. The van der Waals surface area contributed by atoms with Crippen LogP contribution in [0.1, 0.15) is 42.9 Å². The molecule has 0 spiro atoms. The average Bonchev–Trinajstić information content (AvgIpc) is 3.02. The molecule has 1 saturated carbocycles. The highest BCUT2D eigenvalue weighted by atomic mass is 16.5. The first-order chi connectivity index (χ1) is 14.0. The Balaban J connectivity index is 1.66. The summed E-state index contributed by atoms with van der Waals surface area (Å²) in [6.07, 6.45) is 5.04. The Morgan fingerprint density at radius 3 is 2.62 bits per heavy atom. The van der Waals surface area contributed by atoms with Gasteiger partial charge < -0.3 is 9.84 Å². The van der Waals surface area contributed by atoms with Crippen LogP contribution in [0.5, 0.6) is 5.75 Å². The number of nitrogens with zero attached hydrogens (tertiary/aromatic N) is 2. The Morgan fingerprint density at radius 2 is 1.86 bits per heavy atom. The smallest absolute Gasteiger partial charge is 0.295 e. The number of ether oxygens (including phenoxy) is 1. The summed E-state index contributed by atoms with van der Waals surface area (Å²) in [7, 11) is 0. The second kappa shape index (κ2) is 6.72. The van der Waals surface area contributed by atoms with Gasteiger partial charge in [0.15, 0.2) is 11.5 Å². The molecule has 1 aromatic heterocycles. The molecule has 0 bridgehead atoms. The standard InChI is InChI=1S/C23H22N2O4/c1-13-10-11-24-18(12-13)25-20(14-6-8-15(26)9-7-14)19-21(27)16-4-2-3-5-17(16)29-22(19)23(25)28/h6-12,16-17,20,26H,2-5H2,1H3. The SMILES string of the molecule is Cc1ccnc(N2C(=O)C3=C(C(=O)C4CCCCC4O3)C2c2ccc(O)cc2)c1.